The molecule has 0 aliphatic heterocycles. The van der Waals surface area contributed by atoms with Gasteiger partial charge in [-0.3, -0.25) is 9.59 Å². The molecule has 0 radical (unpaired) electrons. The summed E-state index contributed by atoms with van der Waals surface area (Å²) in [4.78, 5) is 26.6. The molecule has 0 unspecified atom stereocenters. The molecule has 33 heavy (non-hydrogen) atoms. The molecule has 0 saturated carbocycles. The van der Waals surface area contributed by atoms with E-state index in [0.29, 0.717) is 23.0 Å². The number of aromatic nitrogens is 4. The Labute approximate surface area is 199 Å². The maximum Gasteiger partial charge on any atom is 0.253 e. The second kappa shape index (κ2) is 10.9. The SMILES string of the molecule is C[C@H](NC(=O)c1ccccc1NC(=O)CSc1nnnn1Cc1cccs1)c1ccccc1. The van der Waals surface area contributed by atoms with Gasteiger partial charge in [-0.05, 0) is 46.5 Å². The van der Waals surface area contributed by atoms with Crippen LogP contribution in [0.1, 0.15) is 33.8 Å². The van der Waals surface area contributed by atoms with Gasteiger partial charge in [0.1, 0.15) is 0 Å². The van der Waals surface area contributed by atoms with Crippen molar-refractivity contribution < 1.29 is 9.59 Å². The summed E-state index contributed by atoms with van der Waals surface area (Å²) in [6.45, 7) is 2.47. The Balaban J connectivity index is 1.36. The van der Waals surface area contributed by atoms with E-state index in [2.05, 4.69) is 26.2 Å². The average molecular weight is 479 g/mol. The smallest absolute Gasteiger partial charge is 0.253 e. The standard InChI is InChI=1S/C23H22N6O2S2/c1-16(17-8-3-2-4-9-17)24-22(31)19-11-5-6-12-20(19)25-21(30)15-33-23-26-27-28-29(23)14-18-10-7-13-32-18/h2-13,16H,14-15H2,1H3,(H,24,31)(H,25,30)/t16-/m0/s1. The van der Waals surface area contributed by atoms with Crippen LogP contribution in [0.3, 0.4) is 0 Å². The Kier molecular flexibility index (Phi) is 7.48. The van der Waals surface area contributed by atoms with Crippen molar-refractivity contribution in [2.45, 2.75) is 24.7 Å². The molecule has 2 aromatic heterocycles. The Morgan fingerprint density at radius 2 is 1.85 bits per heavy atom. The number of tetrazole rings is 1. The number of anilines is 1. The fourth-order valence-corrected chi connectivity index (χ4v) is 4.52. The van der Waals surface area contributed by atoms with E-state index in [4.69, 9.17) is 0 Å². The van der Waals surface area contributed by atoms with Crippen molar-refractivity contribution in [3.05, 3.63) is 88.1 Å². The van der Waals surface area contributed by atoms with Crippen LogP contribution in [0.15, 0.2) is 77.3 Å². The van der Waals surface area contributed by atoms with E-state index in [-0.39, 0.29) is 23.6 Å². The number of nitrogens with zero attached hydrogens (tertiary/aromatic N) is 4. The lowest BCUT2D eigenvalue weighted by molar-refractivity contribution is -0.113. The Morgan fingerprint density at radius 1 is 1.06 bits per heavy atom. The molecule has 0 saturated heterocycles. The third-order valence-electron chi connectivity index (χ3n) is 4.81. The molecule has 0 bridgehead atoms. The van der Waals surface area contributed by atoms with Gasteiger partial charge in [0.2, 0.25) is 11.1 Å². The van der Waals surface area contributed by atoms with Gasteiger partial charge in [-0.25, -0.2) is 4.68 Å². The lowest BCUT2D eigenvalue weighted by Crippen LogP contribution is -2.28. The van der Waals surface area contributed by atoms with Crippen LogP contribution in [0, 0.1) is 0 Å². The summed E-state index contributed by atoms with van der Waals surface area (Å²) in [5.41, 5.74) is 1.87. The van der Waals surface area contributed by atoms with Gasteiger partial charge in [-0.15, -0.1) is 16.4 Å². The highest BCUT2D eigenvalue weighted by atomic mass is 32.2. The highest BCUT2D eigenvalue weighted by Gasteiger charge is 2.17. The van der Waals surface area contributed by atoms with Crippen molar-refractivity contribution in [2.75, 3.05) is 11.1 Å². The number of rotatable bonds is 9. The van der Waals surface area contributed by atoms with E-state index in [1.165, 1.54) is 11.8 Å². The fourth-order valence-electron chi connectivity index (χ4n) is 3.16. The molecule has 2 amide bonds. The third-order valence-corrected chi connectivity index (χ3v) is 6.63. The summed E-state index contributed by atoms with van der Waals surface area (Å²) in [6, 6.07) is 20.5. The molecule has 0 spiro atoms. The van der Waals surface area contributed by atoms with Crippen molar-refractivity contribution >= 4 is 40.6 Å². The van der Waals surface area contributed by atoms with Crippen molar-refractivity contribution in [2.24, 2.45) is 0 Å². The van der Waals surface area contributed by atoms with Gasteiger partial charge < -0.3 is 10.6 Å². The molecule has 0 fully saturated rings. The molecule has 0 aliphatic rings. The Bertz CT molecular complexity index is 1210. The number of amides is 2. The summed E-state index contributed by atoms with van der Waals surface area (Å²) in [5, 5.41) is 20.1. The van der Waals surface area contributed by atoms with E-state index in [9.17, 15) is 9.59 Å². The summed E-state index contributed by atoms with van der Waals surface area (Å²) in [5.74, 6) is -0.391. The number of para-hydroxylation sites is 1. The number of benzene rings is 2. The van der Waals surface area contributed by atoms with Gasteiger partial charge in [0.05, 0.1) is 29.6 Å². The van der Waals surface area contributed by atoms with Crippen LogP contribution in [-0.2, 0) is 11.3 Å². The minimum absolute atomic E-state index is 0.112. The number of carbonyl (C=O) groups is 2. The van der Waals surface area contributed by atoms with E-state index in [0.717, 1.165) is 10.4 Å². The monoisotopic (exact) mass is 478 g/mol. The maximum absolute atomic E-state index is 12.9. The minimum Gasteiger partial charge on any atom is -0.345 e. The normalized spacial score (nSPS) is 11.7. The largest absolute Gasteiger partial charge is 0.345 e. The number of nitrogens with one attached hydrogen (secondary N) is 2. The van der Waals surface area contributed by atoms with Crippen molar-refractivity contribution in [1.29, 1.82) is 0 Å². The van der Waals surface area contributed by atoms with Crippen LogP contribution in [-0.4, -0.2) is 37.8 Å². The van der Waals surface area contributed by atoms with Crippen molar-refractivity contribution in [3.63, 3.8) is 0 Å². The molecule has 2 N–H and O–H groups in total. The molecule has 168 valence electrons. The van der Waals surface area contributed by atoms with E-state index >= 15 is 0 Å². The minimum atomic E-state index is -0.255. The number of hydrogen-bond acceptors (Lipinski definition) is 7. The number of carbonyl (C=O) groups excluding carboxylic acids is 2. The fraction of sp³-hybridized carbons (Fsp3) is 0.174. The second-order valence-electron chi connectivity index (χ2n) is 7.19. The summed E-state index contributed by atoms with van der Waals surface area (Å²) in [6.07, 6.45) is 0. The van der Waals surface area contributed by atoms with E-state index in [1.807, 2.05) is 54.8 Å². The molecule has 0 aliphatic carbocycles. The first-order valence-corrected chi connectivity index (χ1v) is 12.1. The summed E-state index contributed by atoms with van der Waals surface area (Å²) >= 11 is 2.86. The molecule has 4 rings (SSSR count). The maximum atomic E-state index is 12.9. The molecule has 10 heteroatoms. The zero-order valence-electron chi connectivity index (χ0n) is 17.8. The lowest BCUT2D eigenvalue weighted by atomic mass is 10.1. The Hall–Kier alpha value is -3.50. The van der Waals surface area contributed by atoms with Crippen molar-refractivity contribution in [1.82, 2.24) is 25.5 Å². The van der Waals surface area contributed by atoms with Crippen LogP contribution >= 0.6 is 23.1 Å². The van der Waals surface area contributed by atoms with Crippen LogP contribution in [0.25, 0.3) is 0 Å². The molecule has 8 nitrogen and oxygen atoms in total. The lowest BCUT2D eigenvalue weighted by Gasteiger charge is -2.16. The molecule has 2 aromatic carbocycles. The van der Waals surface area contributed by atoms with E-state index in [1.54, 1.807) is 40.3 Å². The highest BCUT2D eigenvalue weighted by molar-refractivity contribution is 7.99. The van der Waals surface area contributed by atoms with Crippen LogP contribution in [0.2, 0.25) is 0 Å². The first-order valence-electron chi connectivity index (χ1n) is 10.3. The first kappa shape index (κ1) is 22.7. The highest BCUT2D eigenvalue weighted by Crippen LogP contribution is 2.20. The van der Waals surface area contributed by atoms with Gasteiger partial charge in [0.25, 0.3) is 5.91 Å². The predicted molar refractivity (Wildman–Crippen MR) is 129 cm³/mol. The zero-order chi connectivity index (χ0) is 23.0. The number of thioether (sulfide) groups is 1. The molecular weight excluding hydrogens is 456 g/mol. The van der Waals surface area contributed by atoms with Crippen LogP contribution in [0.5, 0.6) is 0 Å². The van der Waals surface area contributed by atoms with Gasteiger partial charge in [-0.1, -0.05) is 60.3 Å². The first-order chi connectivity index (χ1) is 16.1. The molecule has 2 heterocycles. The molecular formula is C23H22N6O2S2. The number of thiophene rings is 1. The molecule has 4 aromatic rings. The Morgan fingerprint density at radius 3 is 2.64 bits per heavy atom. The van der Waals surface area contributed by atoms with Crippen LogP contribution < -0.4 is 10.6 Å². The quantitative estimate of drug-likeness (QED) is 0.353. The van der Waals surface area contributed by atoms with Gasteiger partial charge in [0, 0.05) is 4.88 Å². The van der Waals surface area contributed by atoms with Gasteiger partial charge >= 0.3 is 0 Å². The second-order valence-corrected chi connectivity index (χ2v) is 9.16. The topological polar surface area (TPSA) is 102 Å². The van der Waals surface area contributed by atoms with Gasteiger partial charge in [-0.2, -0.15) is 0 Å². The van der Waals surface area contributed by atoms with Crippen molar-refractivity contribution in [3.8, 4) is 0 Å². The van der Waals surface area contributed by atoms with Gasteiger partial charge in [0.15, 0.2) is 0 Å². The molecule has 1 atom stereocenters. The summed E-state index contributed by atoms with van der Waals surface area (Å²) in [7, 11) is 0. The zero-order valence-corrected chi connectivity index (χ0v) is 19.5. The number of hydrogen-bond donors (Lipinski definition) is 2. The predicted octanol–water partition coefficient (Wildman–Crippen LogP) is 4.00. The average Bonchev–Trinajstić information content (AvgIpc) is 3.51. The summed E-state index contributed by atoms with van der Waals surface area (Å²) < 4.78 is 1.66. The van der Waals surface area contributed by atoms with Crippen LogP contribution in [0.4, 0.5) is 5.69 Å². The third kappa shape index (κ3) is 6.05. The van der Waals surface area contributed by atoms with E-state index < -0.39 is 0 Å².